The molecule has 6 nitrogen and oxygen atoms in total. The molecular weight excluding hydrogens is 404 g/mol. The van der Waals surface area contributed by atoms with E-state index in [1.807, 2.05) is 24.0 Å². The van der Waals surface area contributed by atoms with Crippen molar-refractivity contribution in [3.63, 3.8) is 0 Å². The fourth-order valence-corrected chi connectivity index (χ4v) is 6.43. The van der Waals surface area contributed by atoms with Gasteiger partial charge in [-0.25, -0.2) is 4.98 Å². The van der Waals surface area contributed by atoms with E-state index >= 15 is 0 Å². The van der Waals surface area contributed by atoms with Gasteiger partial charge >= 0.3 is 0 Å². The number of H-pyrrole nitrogens is 1. The molecule has 0 atom stereocenters. The fourth-order valence-electron chi connectivity index (χ4n) is 4.31. The van der Waals surface area contributed by atoms with Crippen molar-refractivity contribution < 1.29 is 4.79 Å². The van der Waals surface area contributed by atoms with Crippen molar-refractivity contribution in [2.24, 2.45) is 0 Å². The Morgan fingerprint density at radius 2 is 1.93 bits per heavy atom. The van der Waals surface area contributed by atoms with Crippen LogP contribution in [0.25, 0.3) is 10.2 Å². The summed E-state index contributed by atoms with van der Waals surface area (Å²) >= 11 is 3.25. The Balaban J connectivity index is 1.27. The third-order valence-electron chi connectivity index (χ3n) is 5.86. The molecule has 1 aliphatic carbocycles. The van der Waals surface area contributed by atoms with E-state index in [0.29, 0.717) is 19.6 Å². The Labute approximate surface area is 177 Å². The van der Waals surface area contributed by atoms with Gasteiger partial charge < -0.3 is 9.88 Å². The van der Waals surface area contributed by atoms with Crippen LogP contribution in [-0.4, -0.2) is 51.9 Å². The van der Waals surface area contributed by atoms with Gasteiger partial charge in [0.15, 0.2) is 0 Å². The summed E-state index contributed by atoms with van der Waals surface area (Å²) in [6.07, 6.45) is 4.44. The van der Waals surface area contributed by atoms with Gasteiger partial charge in [-0.15, -0.1) is 22.7 Å². The van der Waals surface area contributed by atoms with Crippen molar-refractivity contribution in [2.45, 2.75) is 39.2 Å². The van der Waals surface area contributed by atoms with Gasteiger partial charge in [0.05, 0.1) is 16.8 Å². The molecule has 8 heteroatoms. The number of aryl methyl sites for hydroxylation is 3. The highest BCUT2D eigenvalue weighted by molar-refractivity contribution is 7.18. The minimum Gasteiger partial charge on any atom is -0.335 e. The first-order valence-electron chi connectivity index (χ1n) is 10.2. The summed E-state index contributed by atoms with van der Waals surface area (Å²) < 4.78 is 0. The molecule has 5 rings (SSSR count). The van der Waals surface area contributed by atoms with Crippen LogP contribution in [0.5, 0.6) is 0 Å². The van der Waals surface area contributed by atoms with Gasteiger partial charge in [0.1, 0.15) is 10.7 Å². The molecule has 3 aromatic rings. The zero-order valence-electron chi connectivity index (χ0n) is 16.5. The highest BCUT2D eigenvalue weighted by atomic mass is 32.1. The highest BCUT2D eigenvalue weighted by Gasteiger charge is 2.24. The average molecular weight is 429 g/mol. The summed E-state index contributed by atoms with van der Waals surface area (Å²) in [4.78, 5) is 41.5. The molecule has 1 N–H and O–H groups in total. The minimum atomic E-state index is 0.00581. The number of carbonyl (C=O) groups is 1. The third kappa shape index (κ3) is 3.65. The average Bonchev–Trinajstić information content (AvgIpc) is 3.31. The maximum absolute atomic E-state index is 12.7. The molecule has 1 fully saturated rings. The number of thiophene rings is 2. The number of aromatic nitrogens is 2. The number of carbonyl (C=O) groups excluding carboxylic acids is 1. The predicted octanol–water partition coefficient (Wildman–Crippen LogP) is 3.19. The lowest BCUT2D eigenvalue weighted by atomic mass is 9.97. The molecule has 0 spiro atoms. The summed E-state index contributed by atoms with van der Waals surface area (Å²) in [6, 6.07) is 3.91. The second-order valence-corrected chi connectivity index (χ2v) is 10.3. The van der Waals surface area contributed by atoms with Gasteiger partial charge in [-0.3, -0.25) is 14.5 Å². The van der Waals surface area contributed by atoms with Crippen LogP contribution < -0.4 is 5.56 Å². The first-order chi connectivity index (χ1) is 14.1. The summed E-state index contributed by atoms with van der Waals surface area (Å²) in [5.74, 6) is 0.856. The summed E-state index contributed by atoms with van der Waals surface area (Å²) in [7, 11) is 0. The molecule has 29 heavy (non-hydrogen) atoms. The highest BCUT2D eigenvalue weighted by Crippen LogP contribution is 2.33. The molecule has 0 unspecified atom stereocenters. The van der Waals surface area contributed by atoms with Crippen LogP contribution >= 0.6 is 22.7 Å². The first-order valence-corrected chi connectivity index (χ1v) is 11.8. The zero-order valence-corrected chi connectivity index (χ0v) is 18.1. The van der Waals surface area contributed by atoms with Crippen molar-refractivity contribution in [3.05, 3.63) is 48.5 Å². The van der Waals surface area contributed by atoms with Crippen LogP contribution in [0.15, 0.2) is 16.9 Å². The Hall–Kier alpha value is -2.03. The quantitative estimate of drug-likeness (QED) is 0.696. The fraction of sp³-hybridized carbons (Fsp3) is 0.476. The number of amides is 1. The summed E-state index contributed by atoms with van der Waals surface area (Å²) in [5.41, 5.74) is 1.23. The van der Waals surface area contributed by atoms with Crippen LogP contribution in [-0.2, 0) is 19.4 Å². The number of hydrogen-bond acceptors (Lipinski definition) is 6. The summed E-state index contributed by atoms with van der Waals surface area (Å²) in [6.45, 7) is 5.63. The molecule has 1 aliphatic heterocycles. The normalized spacial score (nSPS) is 17.6. The van der Waals surface area contributed by atoms with Gasteiger partial charge in [-0.05, 0) is 50.3 Å². The van der Waals surface area contributed by atoms with Crippen molar-refractivity contribution in [2.75, 3.05) is 26.2 Å². The van der Waals surface area contributed by atoms with Crippen LogP contribution in [0.1, 0.15) is 43.7 Å². The standard InChI is InChI=1S/C21H24N4O2S2/c1-13-6-7-16(28-13)21(27)25-10-8-24(9-11-25)12-17-22-19(26)18-14-4-2-3-5-15(14)29-20(18)23-17/h6-7H,2-5,8-12H2,1H3,(H,22,23,26). The lowest BCUT2D eigenvalue weighted by Gasteiger charge is -2.34. The van der Waals surface area contributed by atoms with Crippen LogP contribution in [0.2, 0.25) is 0 Å². The predicted molar refractivity (Wildman–Crippen MR) is 117 cm³/mol. The molecule has 4 heterocycles. The largest absolute Gasteiger partial charge is 0.335 e. The molecule has 0 bridgehead atoms. The Morgan fingerprint density at radius 1 is 1.14 bits per heavy atom. The lowest BCUT2D eigenvalue weighted by Crippen LogP contribution is -2.48. The topological polar surface area (TPSA) is 69.3 Å². The smallest absolute Gasteiger partial charge is 0.264 e. The Kier molecular flexibility index (Phi) is 5.01. The number of rotatable bonds is 3. The van der Waals surface area contributed by atoms with Crippen molar-refractivity contribution >= 4 is 38.8 Å². The molecule has 0 radical (unpaired) electrons. The van der Waals surface area contributed by atoms with Crippen LogP contribution in [0.4, 0.5) is 0 Å². The van der Waals surface area contributed by atoms with E-state index in [9.17, 15) is 9.59 Å². The number of nitrogens with zero attached hydrogens (tertiary/aromatic N) is 3. The second-order valence-electron chi connectivity index (χ2n) is 7.88. The van der Waals surface area contributed by atoms with E-state index in [1.165, 1.54) is 16.9 Å². The van der Waals surface area contributed by atoms with Gasteiger partial charge in [-0.2, -0.15) is 0 Å². The molecule has 3 aromatic heterocycles. The monoisotopic (exact) mass is 428 g/mol. The molecule has 152 valence electrons. The first kappa shape index (κ1) is 19.0. The molecule has 1 saturated heterocycles. The number of piperazine rings is 1. The van der Waals surface area contributed by atoms with Gasteiger partial charge in [-0.1, -0.05) is 0 Å². The molecule has 0 aromatic carbocycles. The minimum absolute atomic E-state index is 0.00581. The van der Waals surface area contributed by atoms with E-state index in [1.54, 1.807) is 22.7 Å². The number of hydrogen-bond donors (Lipinski definition) is 1. The molecule has 2 aliphatic rings. The van der Waals surface area contributed by atoms with Crippen molar-refractivity contribution in [1.29, 1.82) is 0 Å². The Morgan fingerprint density at radius 3 is 2.69 bits per heavy atom. The van der Waals surface area contributed by atoms with E-state index in [4.69, 9.17) is 4.98 Å². The second kappa shape index (κ2) is 7.66. The number of aromatic amines is 1. The maximum Gasteiger partial charge on any atom is 0.264 e. The van der Waals surface area contributed by atoms with E-state index < -0.39 is 0 Å². The lowest BCUT2D eigenvalue weighted by molar-refractivity contribution is 0.0630. The van der Waals surface area contributed by atoms with Crippen LogP contribution in [0, 0.1) is 6.92 Å². The zero-order chi connectivity index (χ0) is 20.0. The van der Waals surface area contributed by atoms with E-state index in [-0.39, 0.29) is 11.5 Å². The number of nitrogens with one attached hydrogen (secondary N) is 1. The summed E-state index contributed by atoms with van der Waals surface area (Å²) in [5, 5.41) is 0.815. The van der Waals surface area contributed by atoms with E-state index in [2.05, 4.69) is 9.88 Å². The SMILES string of the molecule is Cc1ccc(C(=O)N2CCN(Cc3nc4sc5c(c4c(=O)[nH]3)CCCC5)CC2)s1. The molecule has 0 saturated carbocycles. The van der Waals surface area contributed by atoms with Gasteiger partial charge in [0.25, 0.3) is 11.5 Å². The van der Waals surface area contributed by atoms with Gasteiger partial charge in [0, 0.05) is 35.9 Å². The number of fused-ring (bicyclic) bond motifs is 3. The van der Waals surface area contributed by atoms with Crippen molar-refractivity contribution in [3.8, 4) is 0 Å². The van der Waals surface area contributed by atoms with Crippen LogP contribution in [0.3, 0.4) is 0 Å². The van der Waals surface area contributed by atoms with E-state index in [0.717, 1.165) is 58.1 Å². The maximum atomic E-state index is 12.7. The van der Waals surface area contributed by atoms with Crippen molar-refractivity contribution in [1.82, 2.24) is 19.8 Å². The molecule has 1 amide bonds. The Bertz CT molecular complexity index is 1120. The molecular formula is C21H24N4O2S2. The third-order valence-corrected chi connectivity index (χ3v) is 8.03. The van der Waals surface area contributed by atoms with Gasteiger partial charge in [0.2, 0.25) is 0 Å².